The van der Waals surface area contributed by atoms with E-state index in [0.717, 1.165) is 25.8 Å². The van der Waals surface area contributed by atoms with Crippen LogP contribution in [0.25, 0.3) is 0 Å². The number of carbonyl (C=O) groups excluding carboxylic acids is 1. The van der Waals surface area contributed by atoms with Gasteiger partial charge in [0.05, 0.1) is 30.2 Å². The van der Waals surface area contributed by atoms with Gasteiger partial charge in [-0.15, -0.1) is 0 Å². The molecule has 4 nitrogen and oxygen atoms in total. The fourth-order valence-corrected chi connectivity index (χ4v) is 2.98. The van der Waals surface area contributed by atoms with Gasteiger partial charge in [-0.25, -0.2) is 4.39 Å². The number of hydrogen-bond acceptors (Lipinski definition) is 3. The molecule has 5 heteroatoms. The predicted octanol–water partition coefficient (Wildman–Crippen LogP) is 1.79. The highest BCUT2D eigenvalue weighted by Gasteiger charge is 2.40. The third kappa shape index (κ3) is 2.05. The summed E-state index contributed by atoms with van der Waals surface area (Å²) in [6, 6.07) is 1.76. The van der Waals surface area contributed by atoms with Crippen LogP contribution in [-0.4, -0.2) is 34.4 Å². The van der Waals surface area contributed by atoms with Gasteiger partial charge in [-0.1, -0.05) is 0 Å². The molecule has 2 aliphatic heterocycles. The fourth-order valence-electron chi connectivity index (χ4n) is 2.98. The Balaban J connectivity index is 1.75. The molecular formula is C13H16FN3O. The largest absolute Gasteiger partial charge is 0.378 e. The van der Waals surface area contributed by atoms with E-state index in [4.69, 9.17) is 0 Å². The molecule has 1 N–H and O–H groups in total. The van der Waals surface area contributed by atoms with Gasteiger partial charge < -0.3 is 10.2 Å². The maximum absolute atomic E-state index is 13.1. The van der Waals surface area contributed by atoms with Gasteiger partial charge in [-0.05, 0) is 19.3 Å². The molecule has 0 bridgehead atoms. The zero-order chi connectivity index (χ0) is 12.5. The third-order valence-corrected chi connectivity index (χ3v) is 3.79. The number of fused-ring (bicyclic) bond motifs is 1. The average molecular weight is 249 g/mol. The van der Waals surface area contributed by atoms with E-state index in [-0.39, 0.29) is 23.8 Å². The summed E-state index contributed by atoms with van der Waals surface area (Å²) in [6.45, 7) is 0.864. The summed E-state index contributed by atoms with van der Waals surface area (Å²) in [5.74, 6) is -0.147. The Hall–Kier alpha value is -1.65. The quantitative estimate of drug-likeness (QED) is 0.869. The minimum Gasteiger partial charge on any atom is -0.378 e. The van der Waals surface area contributed by atoms with Gasteiger partial charge >= 0.3 is 0 Å². The van der Waals surface area contributed by atoms with Crippen LogP contribution in [0.5, 0.6) is 0 Å². The van der Waals surface area contributed by atoms with Gasteiger partial charge in [0.25, 0.3) is 0 Å². The Morgan fingerprint density at radius 2 is 2.28 bits per heavy atom. The molecule has 0 aliphatic carbocycles. The first-order valence-corrected chi connectivity index (χ1v) is 6.40. The SMILES string of the molecule is O=C1CC(Nc2cncc(F)c2)C2CCCCN12. The van der Waals surface area contributed by atoms with Gasteiger partial charge in [0.1, 0.15) is 5.82 Å². The summed E-state index contributed by atoms with van der Waals surface area (Å²) >= 11 is 0. The highest BCUT2D eigenvalue weighted by Crippen LogP contribution is 2.30. The van der Waals surface area contributed by atoms with Crippen molar-refractivity contribution in [3.8, 4) is 0 Å². The lowest BCUT2D eigenvalue weighted by molar-refractivity contribution is -0.129. The standard InChI is InChI=1S/C13H16FN3O/c14-9-5-10(8-15-7-9)16-11-6-13(18)17-4-2-1-3-12(11)17/h5,7-8,11-12,16H,1-4,6H2. The molecule has 1 aromatic heterocycles. The second-order valence-corrected chi connectivity index (χ2v) is 5.00. The van der Waals surface area contributed by atoms with Crippen LogP contribution in [0.4, 0.5) is 10.1 Å². The van der Waals surface area contributed by atoms with Crippen molar-refractivity contribution in [2.75, 3.05) is 11.9 Å². The zero-order valence-corrected chi connectivity index (χ0v) is 10.1. The second-order valence-electron chi connectivity index (χ2n) is 5.00. The van der Waals surface area contributed by atoms with Crippen molar-refractivity contribution < 1.29 is 9.18 Å². The monoisotopic (exact) mass is 249 g/mol. The summed E-state index contributed by atoms with van der Waals surface area (Å²) < 4.78 is 13.1. The number of aromatic nitrogens is 1. The number of anilines is 1. The highest BCUT2D eigenvalue weighted by molar-refractivity contribution is 5.81. The first kappa shape index (κ1) is 11.4. The molecular weight excluding hydrogens is 233 g/mol. The van der Waals surface area contributed by atoms with E-state index in [1.807, 2.05) is 4.90 Å². The number of rotatable bonds is 2. The van der Waals surface area contributed by atoms with E-state index in [9.17, 15) is 9.18 Å². The topological polar surface area (TPSA) is 45.2 Å². The van der Waals surface area contributed by atoms with Crippen LogP contribution in [0, 0.1) is 5.82 Å². The first-order valence-electron chi connectivity index (χ1n) is 6.40. The van der Waals surface area contributed by atoms with Crippen molar-refractivity contribution in [2.24, 2.45) is 0 Å². The molecule has 0 spiro atoms. The van der Waals surface area contributed by atoms with Crippen LogP contribution in [0.15, 0.2) is 18.5 Å². The zero-order valence-electron chi connectivity index (χ0n) is 10.1. The average Bonchev–Trinajstić information content (AvgIpc) is 2.67. The minimum atomic E-state index is -0.357. The van der Waals surface area contributed by atoms with E-state index < -0.39 is 0 Å². The van der Waals surface area contributed by atoms with Crippen LogP contribution in [-0.2, 0) is 4.79 Å². The molecule has 96 valence electrons. The van der Waals surface area contributed by atoms with Crippen LogP contribution in [0.3, 0.4) is 0 Å². The smallest absolute Gasteiger partial charge is 0.225 e. The van der Waals surface area contributed by atoms with Crippen LogP contribution < -0.4 is 5.32 Å². The van der Waals surface area contributed by atoms with Gasteiger partial charge in [-0.3, -0.25) is 9.78 Å². The maximum Gasteiger partial charge on any atom is 0.225 e. The Bertz CT molecular complexity index is 465. The fraction of sp³-hybridized carbons (Fsp3) is 0.538. The predicted molar refractivity (Wildman–Crippen MR) is 65.6 cm³/mol. The minimum absolute atomic E-state index is 0.0846. The molecule has 18 heavy (non-hydrogen) atoms. The summed E-state index contributed by atoms with van der Waals surface area (Å²) in [6.07, 6.45) is 6.56. The molecule has 2 aliphatic rings. The molecule has 0 saturated carbocycles. The van der Waals surface area contributed by atoms with Crippen LogP contribution >= 0.6 is 0 Å². The molecule has 0 aromatic carbocycles. The normalized spacial score (nSPS) is 27.2. The van der Waals surface area contributed by atoms with Crippen molar-refractivity contribution in [3.63, 3.8) is 0 Å². The van der Waals surface area contributed by atoms with Crippen molar-refractivity contribution in [1.29, 1.82) is 0 Å². The number of pyridine rings is 1. The lowest BCUT2D eigenvalue weighted by Gasteiger charge is -2.32. The number of amides is 1. The van der Waals surface area contributed by atoms with Gasteiger partial charge in [0, 0.05) is 19.0 Å². The van der Waals surface area contributed by atoms with Crippen LogP contribution in [0.1, 0.15) is 25.7 Å². The highest BCUT2D eigenvalue weighted by atomic mass is 19.1. The Kier molecular flexibility index (Phi) is 2.89. The summed E-state index contributed by atoms with van der Waals surface area (Å²) in [5.41, 5.74) is 0.653. The summed E-state index contributed by atoms with van der Waals surface area (Å²) in [7, 11) is 0. The van der Waals surface area contributed by atoms with E-state index in [0.29, 0.717) is 12.1 Å². The molecule has 3 rings (SSSR count). The number of nitrogens with zero attached hydrogens (tertiary/aromatic N) is 2. The molecule has 2 atom stereocenters. The number of hydrogen-bond donors (Lipinski definition) is 1. The molecule has 3 heterocycles. The maximum atomic E-state index is 13.1. The van der Waals surface area contributed by atoms with E-state index in [2.05, 4.69) is 10.3 Å². The Morgan fingerprint density at radius 3 is 3.11 bits per heavy atom. The van der Waals surface area contributed by atoms with E-state index in [1.54, 1.807) is 6.20 Å². The third-order valence-electron chi connectivity index (χ3n) is 3.79. The molecule has 1 aromatic rings. The van der Waals surface area contributed by atoms with Crippen molar-refractivity contribution in [1.82, 2.24) is 9.88 Å². The molecule has 0 radical (unpaired) electrons. The summed E-state index contributed by atoms with van der Waals surface area (Å²) in [5, 5.41) is 3.25. The van der Waals surface area contributed by atoms with E-state index in [1.165, 1.54) is 12.3 Å². The number of carbonyl (C=O) groups is 1. The second kappa shape index (κ2) is 4.55. The molecule has 2 fully saturated rings. The summed E-state index contributed by atoms with van der Waals surface area (Å²) in [4.78, 5) is 17.7. The van der Waals surface area contributed by atoms with Crippen molar-refractivity contribution in [2.45, 2.75) is 37.8 Å². The number of piperidine rings is 1. The Labute approximate surface area is 105 Å². The number of halogens is 1. The Morgan fingerprint density at radius 1 is 1.39 bits per heavy atom. The van der Waals surface area contributed by atoms with Crippen molar-refractivity contribution in [3.05, 3.63) is 24.3 Å². The number of nitrogens with one attached hydrogen (secondary N) is 1. The molecule has 1 amide bonds. The van der Waals surface area contributed by atoms with Crippen molar-refractivity contribution >= 4 is 11.6 Å². The lowest BCUT2D eigenvalue weighted by atomic mass is 9.99. The van der Waals surface area contributed by atoms with Crippen LogP contribution in [0.2, 0.25) is 0 Å². The van der Waals surface area contributed by atoms with Gasteiger partial charge in [-0.2, -0.15) is 0 Å². The lowest BCUT2D eigenvalue weighted by Crippen LogP contribution is -2.42. The van der Waals surface area contributed by atoms with E-state index >= 15 is 0 Å². The molecule has 2 saturated heterocycles. The van der Waals surface area contributed by atoms with Gasteiger partial charge in [0.15, 0.2) is 0 Å². The molecule has 2 unspecified atom stereocenters. The first-order chi connectivity index (χ1) is 8.74. The van der Waals surface area contributed by atoms with Gasteiger partial charge in [0.2, 0.25) is 5.91 Å².